The van der Waals surface area contributed by atoms with Gasteiger partial charge in [-0.25, -0.2) is 4.98 Å². The van der Waals surface area contributed by atoms with Crippen LogP contribution in [-0.4, -0.2) is 28.3 Å². The van der Waals surface area contributed by atoms with Gasteiger partial charge in [-0.1, -0.05) is 48.5 Å². The molecule has 0 saturated carbocycles. The van der Waals surface area contributed by atoms with Crippen molar-refractivity contribution in [1.82, 2.24) is 9.97 Å². The van der Waals surface area contributed by atoms with Crippen molar-refractivity contribution in [2.75, 3.05) is 11.9 Å². The highest BCUT2D eigenvalue weighted by atomic mass is 16.5. The van der Waals surface area contributed by atoms with Crippen LogP contribution < -0.4 is 10.1 Å². The summed E-state index contributed by atoms with van der Waals surface area (Å²) in [7, 11) is 0. The van der Waals surface area contributed by atoms with E-state index < -0.39 is 0 Å². The van der Waals surface area contributed by atoms with Gasteiger partial charge in [0.05, 0.1) is 5.69 Å². The zero-order chi connectivity index (χ0) is 23.3. The summed E-state index contributed by atoms with van der Waals surface area (Å²) in [5, 5.41) is 2.81. The first-order valence-corrected chi connectivity index (χ1v) is 11.4. The van der Waals surface area contributed by atoms with Crippen LogP contribution in [0.15, 0.2) is 79.0 Å². The first-order valence-electron chi connectivity index (χ1n) is 11.4. The van der Waals surface area contributed by atoms with E-state index in [9.17, 15) is 9.59 Å². The molecule has 0 aliphatic heterocycles. The van der Waals surface area contributed by atoms with Crippen molar-refractivity contribution < 1.29 is 14.3 Å². The number of Topliss-reactive ketones (excluding diaryl/α,β-unsaturated/α-hetero) is 1. The van der Waals surface area contributed by atoms with Crippen molar-refractivity contribution in [1.29, 1.82) is 0 Å². The molecule has 0 fully saturated rings. The molecule has 0 saturated heterocycles. The molecule has 1 amide bonds. The van der Waals surface area contributed by atoms with Crippen LogP contribution in [0.2, 0.25) is 0 Å². The fraction of sp³-hybridized carbons (Fsp3) is 0.179. The average Bonchev–Trinajstić information content (AvgIpc) is 3.24. The van der Waals surface area contributed by atoms with E-state index in [1.54, 1.807) is 18.3 Å². The van der Waals surface area contributed by atoms with E-state index in [1.165, 1.54) is 0 Å². The molecule has 0 radical (unpaired) electrons. The standard InChI is InChI=1S/C28H25N3O3/c32-24-13-7-12-23-27(24)22(16-19-8-3-1-4-9-19)28(30-23)20-14-15-29-25(17-20)31-26(33)18-34-21-10-5-2-6-11-21/h1-6,8-11,14-15,17,30H,7,12-13,16,18H2,(H,29,31,33). The number of hydrogen-bond acceptors (Lipinski definition) is 4. The van der Waals surface area contributed by atoms with Crippen LogP contribution in [0.25, 0.3) is 11.3 Å². The number of carbonyl (C=O) groups excluding carboxylic acids is 2. The maximum absolute atomic E-state index is 12.8. The smallest absolute Gasteiger partial charge is 0.263 e. The summed E-state index contributed by atoms with van der Waals surface area (Å²) in [6, 6.07) is 23.1. The van der Waals surface area contributed by atoms with Crippen LogP contribution in [0.5, 0.6) is 5.75 Å². The van der Waals surface area contributed by atoms with Crippen LogP contribution in [0.3, 0.4) is 0 Å². The van der Waals surface area contributed by atoms with Gasteiger partial charge < -0.3 is 15.0 Å². The molecule has 2 aromatic carbocycles. The lowest BCUT2D eigenvalue weighted by atomic mass is 9.90. The lowest BCUT2D eigenvalue weighted by Crippen LogP contribution is -2.20. The Morgan fingerprint density at radius 3 is 2.56 bits per heavy atom. The molecular formula is C28H25N3O3. The second kappa shape index (κ2) is 9.75. The minimum Gasteiger partial charge on any atom is -0.484 e. The first kappa shape index (κ1) is 21.6. The Balaban J connectivity index is 1.41. The molecule has 2 N–H and O–H groups in total. The van der Waals surface area contributed by atoms with Crippen LogP contribution in [-0.2, 0) is 17.6 Å². The fourth-order valence-corrected chi connectivity index (χ4v) is 4.39. The van der Waals surface area contributed by atoms with Gasteiger partial charge in [-0.2, -0.15) is 0 Å². The van der Waals surface area contributed by atoms with E-state index in [-0.39, 0.29) is 18.3 Å². The number of aromatic amines is 1. The highest BCUT2D eigenvalue weighted by Gasteiger charge is 2.26. The second-order valence-corrected chi connectivity index (χ2v) is 8.35. The Bertz CT molecular complexity index is 1310. The van der Waals surface area contributed by atoms with E-state index in [0.29, 0.717) is 24.4 Å². The number of nitrogens with zero attached hydrogens (tertiary/aromatic N) is 1. The van der Waals surface area contributed by atoms with E-state index in [1.807, 2.05) is 48.5 Å². The first-order chi connectivity index (χ1) is 16.7. The number of aryl methyl sites for hydroxylation is 1. The molecule has 170 valence electrons. The Kier molecular flexibility index (Phi) is 6.21. The summed E-state index contributed by atoms with van der Waals surface area (Å²) in [6.07, 6.45) is 4.61. The molecule has 0 atom stereocenters. The summed E-state index contributed by atoms with van der Waals surface area (Å²) in [5.74, 6) is 0.963. The highest BCUT2D eigenvalue weighted by Crippen LogP contribution is 2.35. The number of ether oxygens (including phenoxy) is 1. The van der Waals surface area contributed by atoms with Crippen molar-refractivity contribution in [2.24, 2.45) is 0 Å². The third-order valence-electron chi connectivity index (χ3n) is 5.94. The van der Waals surface area contributed by atoms with Crippen LogP contribution in [0.1, 0.15) is 40.0 Å². The highest BCUT2D eigenvalue weighted by molar-refractivity contribution is 6.01. The van der Waals surface area contributed by atoms with Crippen molar-refractivity contribution in [2.45, 2.75) is 25.7 Å². The monoisotopic (exact) mass is 451 g/mol. The summed E-state index contributed by atoms with van der Waals surface area (Å²) in [5.41, 5.74) is 5.75. The van der Waals surface area contributed by atoms with Crippen molar-refractivity contribution in [3.63, 3.8) is 0 Å². The van der Waals surface area contributed by atoms with Crippen LogP contribution in [0.4, 0.5) is 5.82 Å². The van der Waals surface area contributed by atoms with Crippen LogP contribution >= 0.6 is 0 Å². The zero-order valence-corrected chi connectivity index (χ0v) is 18.7. The van der Waals surface area contributed by atoms with E-state index >= 15 is 0 Å². The third kappa shape index (κ3) is 4.76. The van der Waals surface area contributed by atoms with Crippen molar-refractivity contribution in [3.05, 3.63) is 101 Å². The molecule has 2 aromatic heterocycles. The van der Waals surface area contributed by atoms with E-state index in [2.05, 4.69) is 27.4 Å². The molecule has 0 unspecified atom stereocenters. The number of hydrogen-bond donors (Lipinski definition) is 2. The molecular weight excluding hydrogens is 426 g/mol. The molecule has 2 heterocycles. The van der Waals surface area contributed by atoms with Gasteiger partial charge in [0.15, 0.2) is 12.4 Å². The summed E-state index contributed by atoms with van der Waals surface area (Å²) >= 11 is 0. The molecule has 6 heteroatoms. The predicted octanol–water partition coefficient (Wildman–Crippen LogP) is 5.20. The van der Waals surface area contributed by atoms with Gasteiger partial charge in [0, 0.05) is 35.9 Å². The van der Waals surface area contributed by atoms with Gasteiger partial charge in [0.2, 0.25) is 0 Å². The summed E-state index contributed by atoms with van der Waals surface area (Å²) in [6.45, 7) is -0.111. The third-order valence-corrected chi connectivity index (χ3v) is 5.94. The molecule has 4 aromatic rings. The van der Waals surface area contributed by atoms with E-state index in [0.717, 1.165) is 46.5 Å². The number of anilines is 1. The normalized spacial score (nSPS) is 12.8. The fourth-order valence-electron chi connectivity index (χ4n) is 4.39. The van der Waals surface area contributed by atoms with E-state index in [4.69, 9.17) is 4.74 Å². The van der Waals surface area contributed by atoms with Gasteiger partial charge in [-0.15, -0.1) is 0 Å². The zero-order valence-electron chi connectivity index (χ0n) is 18.7. The molecule has 34 heavy (non-hydrogen) atoms. The number of carbonyl (C=O) groups is 2. The Morgan fingerprint density at radius 2 is 1.76 bits per heavy atom. The van der Waals surface area contributed by atoms with Gasteiger partial charge >= 0.3 is 0 Å². The largest absolute Gasteiger partial charge is 0.484 e. The summed E-state index contributed by atoms with van der Waals surface area (Å²) in [4.78, 5) is 33.1. The topological polar surface area (TPSA) is 84.1 Å². The number of benzene rings is 2. The number of amides is 1. The Hall–Kier alpha value is -4.19. The number of pyridine rings is 1. The predicted molar refractivity (Wildman–Crippen MR) is 131 cm³/mol. The number of aromatic nitrogens is 2. The number of H-pyrrole nitrogens is 1. The molecule has 0 spiro atoms. The Labute approximate surface area is 198 Å². The van der Waals surface area contributed by atoms with Crippen molar-refractivity contribution >= 4 is 17.5 Å². The summed E-state index contributed by atoms with van der Waals surface area (Å²) < 4.78 is 5.52. The lowest BCUT2D eigenvalue weighted by molar-refractivity contribution is -0.118. The number of nitrogens with one attached hydrogen (secondary N) is 2. The molecule has 1 aliphatic carbocycles. The maximum Gasteiger partial charge on any atom is 0.263 e. The lowest BCUT2D eigenvalue weighted by Gasteiger charge is -2.12. The maximum atomic E-state index is 12.8. The minimum absolute atomic E-state index is 0.111. The van der Waals surface area contributed by atoms with Crippen molar-refractivity contribution in [3.8, 4) is 17.0 Å². The Morgan fingerprint density at radius 1 is 1.00 bits per heavy atom. The number of rotatable bonds is 7. The number of fused-ring (bicyclic) bond motifs is 1. The number of para-hydroxylation sites is 1. The SMILES string of the molecule is O=C(COc1ccccc1)Nc1cc(-c2[nH]c3c(c2Cc2ccccc2)C(=O)CCC3)ccn1. The average molecular weight is 452 g/mol. The number of ketones is 1. The molecule has 0 bridgehead atoms. The minimum atomic E-state index is -0.293. The van der Waals surface area contributed by atoms with Gasteiger partial charge in [0.25, 0.3) is 5.91 Å². The quantitative estimate of drug-likeness (QED) is 0.404. The van der Waals surface area contributed by atoms with Gasteiger partial charge in [-0.05, 0) is 48.2 Å². The second-order valence-electron chi connectivity index (χ2n) is 8.35. The molecule has 5 rings (SSSR count). The van der Waals surface area contributed by atoms with Gasteiger partial charge in [0.1, 0.15) is 11.6 Å². The van der Waals surface area contributed by atoms with Gasteiger partial charge in [-0.3, -0.25) is 9.59 Å². The molecule has 1 aliphatic rings. The molecule has 6 nitrogen and oxygen atoms in total. The van der Waals surface area contributed by atoms with Crippen LogP contribution in [0, 0.1) is 0 Å².